The summed E-state index contributed by atoms with van der Waals surface area (Å²) in [6.45, 7) is 1.55. The average molecular weight is 769 g/mol. The second-order valence-electron chi connectivity index (χ2n) is 14.7. The fourth-order valence-electron chi connectivity index (χ4n) is 6.64. The third-order valence-corrected chi connectivity index (χ3v) is 10.1. The zero-order valence-electron chi connectivity index (χ0n) is 33.1. The molecule has 0 spiro atoms. The lowest BCUT2D eigenvalue weighted by Crippen LogP contribution is -2.45. The van der Waals surface area contributed by atoms with Crippen LogP contribution in [-0.4, -0.2) is 98.4 Å². The Bertz CT molecular complexity index is 1050. The van der Waals surface area contributed by atoms with Crippen molar-refractivity contribution < 1.29 is 48.5 Å². The van der Waals surface area contributed by atoms with E-state index in [1.807, 2.05) is 0 Å². The van der Waals surface area contributed by atoms with Crippen molar-refractivity contribution in [2.24, 2.45) is 11.8 Å². The number of carboxylic acids is 2. The van der Waals surface area contributed by atoms with Crippen molar-refractivity contribution >= 4 is 35.6 Å². The van der Waals surface area contributed by atoms with Crippen LogP contribution in [0.4, 0.5) is 0 Å². The lowest BCUT2D eigenvalue weighted by atomic mass is 9.81. The molecule has 14 heteroatoms. The molecule has 0 aliphatic heterocycles. The molecule has 6 N–H and O–H groups in total. The van der Waals surface area contributed by atoms with Gasteiger partial charge in [-0.25, -0.2) is 4.79 Å². The highest BCUT2D eigenvalue weighted by Gasteiger charge is 2.29. The molecule has 0 aromatic carbocycles. The molecule has 0 aromatic rings. The number of ether oxygens (including phenoxy) is 2. The Morgan fingerprint density at radius 1 is 0.593 bits per heavy atom. The third kappa shape index (κ3) is 28.2. The van der Waals surface area contributed by atoms with E-state index in [1.165, 1.54) is 71.3 Å². The van der Waals surface area contributed by atoms with Crippen molar-refractivity contribution in [2.75, 3.05) is 46.6 Å². The number of amides is 4. The van der Waals surface area contributed by atoms with Gasteiger partial charge < -0.3 is 41.0 Å². The predicted octanol–water partition coefficient (Wildman–Crippen LogP) is 5.26. The van der Waals surface area contributed by atoms with Gasteiger partial charge in [-0.1, -0.05) is 89.9 Å². The summed E-state index contributed by atoms with van der Waals surface area (Å²) in [5.74, 6) is -2.63. The zero-order valence-corrected chi connectivity index (χ0v) is 33.1. The number of nitrogens with one attached hydrogen (secondary N) is 4. The van der Waals surface area contributed by atoms with Gasteiger partial charge in [0.15, 0.2) is 0 Å². The standard InChI is InChI=1S/C40H72N4O10/c1-41-37(47)31-54-29-28-53-27-26-42-36(46)25-24-34(40(51)52)44-39(50)33-22-20-32(21-23-33)30-43-35(45)18-16-14-12-10-8-6-4-2-3-5-7-9-11-13-15-17-19-38(48)49/h32-34H,2-31H2,1H3,(H,41,47)(H,42,46)(H,43,45)(H,44,50)(H,48,49)(H,51,52)/t32?,33?,34-/m0/s1. The van der Waals surface area contributed by atoms with Gasteiger partial charge in [-0.2, -0.15) is 0 Å². The fraction of sp³-hybridized carbons (Fsp3) is 0.850. The van der Waals surface area contributed by atoms with Crippen LogP contribution in [0.1, 0.15) is 154 Å². The first kappa shape index (κ1) is 48.8. The van der Waals surface area contributed by atoms with E-state index in [2.05, 4.69) is 21.3 Å². The molecular formula is C40H72N4O10. The van der Waals surface area contributed by atoms with Crippen molar-refractivity contribution in [1.29, 1.82) is 0 Å². The lowest BCUT2D eigenvalue weighted by Gasteiger charge is -2.28. The highest BCUT2D eigenvalue weighted by Crippen LogP contribution is 2.29. The molecule has 14 nitrogen and oxygen atoms in total. The van der Waals surface area contributed by atoms with Gasteiger partial charge in [-0.3, -0.25) is 24.0 Å². The maximum atomic E-state index is 12.8. The van der Waals surface area contributed by atoms with Gasteiger partial charge in [-0.15, -0.1) is 0 Å². The van der Waals surface area contributed by atoms with Crippen molar-refractivity contribution in [1.82, 2.24) is 21.3 Å². The fourth-order valence-corrected chi connectivity index (χ4v) is 6.64. The Labute approximate surface area is 323 Å². The molecule has 0 saturated heterocycles. The van der Waals surface area contributed by atoms with Crippen LogP contribution in [0.3, 0.4) is 0 Å². The van der Waals surface area contributed by atoms with E-state index < -0.39 is 18.0 Å². The summed E-state index contributed by atoms with van der Waals surface area (Å²) in [7, 11) is 1.52. The van der Waals surface area contributed by atoms with E-state index in [9.17, 15) is 33.9 Å². The monoisotopic (exact) mass is 769 g/mol. The quantitative estimate of drug-likeness (QED) is 0.0461. The van der Waals surface area contributed by atoms with Crippen LogP contribution >= 0.6 is 0 Å². The van der Waals surface area contributed by atoms with Crippen molar-refractivity contribution in [3.05, 3.63) is 0 Å². The molecule has 1 saturated carbocycles. The van der Waals surface area contributed by atoms with E-state index >= 15 is 0 Å². The van der Waals surface area contributed by atoms with Crippen LogP contribution in [0.2, 0.25) is 0 Å². The van der Waals surface area contributed by atoms with Crippen molar-refractivity contribution in [2.45, 2.75) is 160 Å². The summed E-state index contributed by atoms with van der Waals surface area (Å²) < 4.78 is 10.4. The number of aliphatic carboxylic acids is 2. The molecule has 1 aliphatic rings. The van der Waals surface area contributed by atoms with Gasteiger partial charge in [0.1, 0.15) is 12.6 Å². The molecule has 0 radical (unpaired) electrons. The summed E-state index contributed by atoms with van der Waals surface area (Å²) in [6.07, 6.45) is 22.5. The van der Waals surface area contributed by atoms with E-state index in [4.69, 9.17) is 14.6 Å². The molecule has 1 rings (SSSR count). The van der Waals surface area contributed by atoms with Crippen LogP contribution < -0.4 is 21.3 Å². The third-order valence-electron chi connectivity index (χ3n) is 10.1. The Morgan fingerprint density at radius 3 is 1.61 bits per heavy atom. The van der Waals surface area contributed by atoms with Crippen molar-refractivity contribution in [3.63, 3.8) is 0 Å². The summed E-state index contributed by atoms with van der Waals surface area (Å²) >= 11 is 0. The zero-order chi connectivity index (χ0) is 39.7. The maximum Gasteiger partial charge on any atom is 0.326 e. The molecule has 0 aromatic heterocycles. The topological polar surface area (TPSA) is 209 Å². The number of likely N-dealkylation sites (N-methyl/N-ethyl adjacent to an activating group) is 1. The Hall–Kier alpha value is -3.26. The average Bonchev–Trinajstić information content (AvgIpc) is 3.15. The Kier molecular flexibility index (Phi) is 29.9. The number of unbranched alkanes of at least 4 members (excludes halogenated alkanes) is 15. The van der Waals surface area contributed by atoms with E-state index in [0.717, 1.165) is 51.4 Å². The molecular weight excluding hydrogens is 696 g/mol. The SMILES string of the molecule is CNC(=O)COCCOCCNC(=O)CC[C@H](NC(=O)C1CCC(CNC(=O)CCCCCCCCCCCCCCCCCCC(=O)O)CC1)C(=O)O. The van der Waals surface area contributed by atoms with E-state index in [-0.39, 0.29) is 75.4 Å². The van der Waals surface area contributed by atoms with Crippen LogP contribution in [0, 0.1) is 11.8 Å². The predicted molar refractivity (Wildman–Crippen MR) is 207 cm³/mol. The second kappa shape index (κ2) is 33.1. The summed E-state index contributed by atoms with van der Waals surface area (Å²) in [4.78, 5) is 70.7. The lowest BCUT2D eigenvalue weighted by molar-refractivity contribution is -0.143. The molecule has 1 aliphatic carbocycles. The van der Waals surface area contributed by atoms with Gasteiger partial charge in [0.25, 0.3) is 0 Å². The highest BCUT2D eigenvalue weighted by atomic mass is 16.5. The first-order chi connectivity index (χ1) is 26.1. The second-order valence-corrected chi connectivity index (χ2v) is 14.7. The van der Waals surface area contributed by atoms with Gasteiger partial charge >= 0.3 is 11.9 Å². The molecule has 0 unspecified atom stereocenters. The molecule has 312 valence electrons. The number of hydrogen-bond donors (Lipinski definition) is 6. The minimum atomic E-state index is -1.18. The summed E-state index contributed by atoms with van der Waals surface area (Å²) in [6, 6.07) is -1.15. The smallest absolute Gasteiger partial charge is 0.326 e. The van der Waals surface area contributed by atoms with Crippen LogP contribution in [-0.2, 0) is 38.2 Å². The maximum absolute atomic E-state index is 12.8. The highest BCUT2D eigenvalue weighted by molar-refractivity contribution is 5.85. The van der Waals surface area contributed by atoms with Crippen molar-refractivity contribution in [3.8, 4) is 0 Å². The number of carbonyl (C=O) groups excluding carboxylic acids is 4. The first-order valence-electron chi connectivity index (χ1n) is 20.8. The molecule has 54 heavy (non-hydrogen) atoms. The van der Waals surface area contributed by atoms with Gasteiger partial charge in [0.05, 0.1) is 19.8 Å². The van der Waals surface area contributed by atoms with E-state index in [0.29, 0.717) is 38.1 Å². The molecule has 0 bridgehead atoms. The van der Waals surface area contributed by atoms with Crippen LogP contribution in [0.15, 0.2) is 0 Å². The number of carboxylic acid groups (broad SMARTS) is 2. The normalized spacial score (nSPS) is 15.9. The summed E-state index contributed by atoms with van der Waals surface area (Å²) in [5, 5.41) is 29.0. The molecule has 1 atom stereocenters. The number of rotatable bonds is 35. The minimum Gasteiger partial charge on any atom is -0.481 e. The molecule has 0 heterocycles. The first-order valence-corrected chi connectivity index (χ1v) is 20.8. The van der Waals surface area contributed by atoms with Gasteiger partial charge in [0.2, 0.25) is 23.6 Å². The van der Waals surface area contributed by atoms with E-state index in [1.54, 1.807) is 0 Å². The number of hydrogen-bond acceptors (Lipinski definition) is 8. The minimum absolute atomic E-state index is 0.0220. The molecule has 4 amide bonds. The van der Waals surface area contributed by atoms with Gasteiger partial charge in [0, 0.05) is 45.3 Å². The molecule has 1 fully saturated rings. The summed E-state index contributed by atoms with van der Waals surface area (Å²) in [5.41, 5.74) is 0. The Balaban J connectivity index is 2.01. The van der Waals surface area contributed by atoms with Crippen LogP contribution in [0.5, 0.6) is 0 Å². The van der Waals surface area contributed by atoms with Gasteiger partial charge in [-0.05, 0) is 50.9 Å². The Morgan fingerprint density at radius 2 is 1.09 bits per heavy atom. The number of carbonyl (C=O) groups is 6. The largest absolute Gasteiger partial charge is 0.481 e. The van der Waals surface area contributed by atoms with Crippen LogP contribution in [0.25, 0.3) is 0 Å².